The Morgan fingerprint density at radius 2 is 0.805 bits per heavy atom. The topological polar surface area (TPSA) is 46.5 Å². The summed E-state index contributed by atoms with van der Waals surface area (Å²) in [4.78, 5) is 13.3. The molecular weight excluding hydrogens is 524 g/mol. The molecule has 0 aliphatic heterocycles. The van der Waals surface area contributed by atoms with Gasteiger partial charge in [-0.3, -0.25) is 0 Å². The van der Waals surface area contributed by atoms with E-state index in [1.807, 2.05) is 97.1 Å². The monoisotopic (exact) mass is 556 g/mol. The summed E-state index contributed by atoms with van der Waals surface area (Å²) in [6, 6.07) is 40.4. The van der Waals surface area contributed by atoms with Crippen molar-refractivity contribution in [3.05, 3.63) is 177 Å². The van der Waals surface area contributed by atoms with Crippen LogP contribution >= 0.6 is 12.2 Å². The molecule has 0 atom stereocenters. The van der Waals surface area contributed by atoms with Crippen molar-refractivity contribution in [2.45, 2.75) is 25.7 Å². The summed E-state index contributed by atoms with van der Waals surface area (Å²) >= 11 is 5.92. The Hall–Kier alpha value is -4.54. The lowest BCUT2D eigenvalue weighted by molar-refractivity contribution is 0.0694. The van der Waals surface area contributed by atoms with Crippen LogP contribution in [0.3, 0.4) is 0 Å². The van der Waals surface area contributed by atoms with E-state index in [9.17, 15) is 9.90 Å². The number of ether oxygens (including phenoxy) is 1. The van der Waals surface area contributed by atoms with E-state index in [1.54, 1.807) is 7.11 Å². The first-order chi connectivity index (χ1) is 20.0. The standard InChI is InChI=1S/C37H32O3S/c1-40-37(41)35-32(24-28-18-10-4-11-19-28)30(22-26-14-6-2-7-15-26)34(36(38)39)31(23-27-16-8-3-9-17-27)33(35)25-29-20-12-5-13-21-29/h2-21H,22-25H2,1H3,(H,38,39). The number of hydrogen-bond acceptors (Lipinski definition) is 3. The number of benzene rings is 5. The van der Waals surface area contributed by atoms with Crippen LogP contribution in [-0.2, 0) is 30.4 Å². The highest BCUT2D eigenvalue weighted by molar-refractivity contribution is 7.80. The maximum atomic E-state index is 13.3. The van der Waals surface area contributed by atoms with Crippen molar-refractivity contribution >= 4 is 23.2 Å². The van der Waals surface area contributed by atoms with Crippen molar-refractivity contribution in [1.82, 2.24) is 0 Å². The van der Waals surface area contributed by atoms with E-state index in [0.717, 1.165) is 50.1 Å². The second kappa shape index (κ2) is 13.2. The van der Waals surface area contributed by atoms with Gasteiger partial charge < -0.3 is 9.84 Å². The zero-order valence-corrected chi connectivity index (χ0v) is 23.9. The Morgan fingerprint density at radius 1 is 0.537 bits per heavy atom. The third-order valence-electron chi connectivity index (χ3n) is 7.43. The fourth-order valence-corrected chi connectivity index (χ4v) is 5.80. The van der Waals surface area contributed by atoms with Crippen LogP contribution in [0, 0.1) is 0 Å². The fourth-order valence-electron chi connectivity index (χ4n) is 5.55. The molecule has 0 aliphatic carbocycles. The second-order valence-corrected chi connectivity index (χ2v) is 10.5. The molecule has 5 aromatic carbocycles. The molecule has 0 radical (unpaired) electrons. The van der Waals surface area contributed by atoms with Crippen LogP contribution in [0.25, 0.3) is 0 Å². The molecule has 0 bridgehead atoms. The average Bonchev–Trinajstić information content (AvgIpc) is 3.00. The quantitative estimate of drug-likeness (QED) is 0.177. The average molecular weight is 557 g/mol. The van der Waals surface area contributed by atoms with Gasteiger partial charge in [0.2, 0.25) is 0 Å². The van der Waals surface area contributed by atoms with Gasteiger partial charge in [0.1, 0.15) is 0 Å². The van der Waals surface area contributed by atoms with Crippen LogP contribution < -0.4 is 0 Å². The number of aromatic carboxylic acids is 1. The van der Waals surface area contributed by atoms with Crippen molar-refractivity contribution < 1.29 is 14.6 Å². The van der Waals surface area contributed by atoms with E-state index < -0.39 is 5.97 Å². The van der Waals surface area contributed by atoms with E-state index in [0.29, 0.717) is 36.3 Å². The summed E-state index contributed by atoms with van der Waals surface area (Å²) in [7, 11) is 1.60. The molecule has 5 rings (SSSR count). The molecule has 0 saturated carbocycles. The predicted octanol–water partition coefficient (Wildman–Crippen LogP) is 8.07. The summed E-state index contributed by atoms with van der Waals surface area (Å²) in [6.07, 6.45) is 2.01. The molecule has 0 fully saturated rings. The molecule has 1 N–H and O–H groups in total. The van der Waals surface area contributed by atoms with Gasteiger partial charge in [-0.05, 0) is 82.4 Å². The highest BCUT2D eigenvalue weighted by atomic mass is 32.1. The maximum absolute atomic E-state index is 13.3. The first kappa shape index (κ1) is 28.0. The van der Waals surface area contributed by atoms with Crippen LogP contribution in [0.2, 0.25) is 0 Å². The molecule has 41 heavy (non-hydrogen) atoms. The number of thiocarbonyl (C=S) groups is 1. The molecule has 0 unspecified atom stereocenters. The van der Waals surface area contributed by atoms with Gasteiger partial charge >= 0.3 is 5.97 Å². The van der Waals surface area contributed by atoms with Crippen molar-refractivity contribution in [2.75, 3.05) is 7.11 Å². The minimum absolute atomic E-state index is 0.359. The first-order valence-electron chi connectivity index (χ1n) is 13.7. The van der Waals surface area contributed by atoms with Gasteiger partial charge in [0.15, 0.2) is 5.05 Å². The lowest BCUT2D eigenvalue weighted by Crippen LogP contribution is -2.21. The van der Waals surface area contributed by atoms with Gasteiger partial charge in [-0.1, -0.05) is 121 Å². The molecule has 0 amide bonds. The molecule has 0 aromatic heterocycles. The van der Waals surface area contributed by atoms with E-state index in [1.165, 1.54) is 0 Å². The first-order valence-corrected chi connectivity index (χ1v) is 14.1. The van der Waals surface area contributed by atoms with Gasteiger partial charge in [-0.2, -0.15) is 0 Å². The zero-order valence-electron chi connectivity index (χ0n) is 23.0. The summed E-state index contributed by atoms with van der Waals surface area (Å²) in [5.41, 5.74) is 8.82. The van der Waals surface area contributed by atoms with Crippen LogP contribution in [0.5, 0.6) is 0 Å². The molecule has 3 nitrogen and oxygen atoms in total. The van der Waals surface area contributed by atoms with Crippen molar-refractivity contribution in [3.8, 4) is 0 Å². The Kier molecular flexibility index (Phi) is 9.02. The number of carboxylic acid groups (broad SMARTS) is 1. The molecule has 0 aliphatic rings. The minimum Gasteiger partial charge on any atom is -0.486 e. The normalized spacial score (nSPS) is 10.8. The van der Waals surface area contributed by atoms with Gasteiger partial charge in [-0.15, -0.1) is 0 Å². The van der Waals surface area contributed by atoms with Gasteiger partial charge in [-0.25, -0.2) is 4.79 Å². The predicted molar refractivity (Wildman–Crippen MR) is 169 cm³/mol. The molecule has 204 valence electrons. The van der Waals surface area contributed by atoms with Crippen molar-refractivity contribution in [1.29, 1.82) is 0 Å². The van der Waals surface area contributed by atoms with Gasteiger partial charge in [0, 0.05) is 5.56 Å². The maximum Gasteiger partial charge on any atom is 0.336 e. The Labute approximate surface area is 247 Å². The molecule has 0 saturated heterocycles. The largest absolute Gasteiger partial charge is 0.486 e. The third kappa shape index (κ3) is 6.62. The highest BCUT2D eigenvalue weighted by Crippen LogP contribution is 2.36. The lowest BCUT2D eigenvalue weighted by atomic mass is 9.78. The smallest absolute Gasteiger partial charge is 0.336 e. The molecule has 5 aromatic rings. The third-order valence-corrected chi connectivity index (χ3v) is 7.80. The minimum atomic E-state index is -0.930. The number of carboxylic acids is 1. The number of rotatable bonds is 10. The van der Waals surface area contributed by atoms with Gasteiger partial charge in [0.05, 0.1) is 12.7 Å². The van der Waals surface area contributed by atoms with Crippen LogP contribution in [0.15, 0.2) is 121 Å². The Balaban J connectivity index is 1.87. The van der Waals surface area contributed by atoms with E-state index in [-0.39, 0.29) is 0 Å². The van der Waals surface area contributed by atoms with Crippen molar-refractivity contribution in [3.63, 3.8) is 0 Å². The van der Waals surface area contributed by atoms with Crippen molar-refractivity contribution in [2.24, 2.45) is 0 Å². The number of carbonyl (C=O) groups is 1. The van der Waals surface area contributed by atoms with E-state index in [4.69, 9.17) is 17.0 Å². The van der Waals surface area contributed by atoms with Gasteiger partial charge in [0.25, 0.3) is 0 Å². The highest BCUT2D eigenvalue weighted by Gasteiger charge is 2.29. The van der Waals surface area contributed by atoms with E-state index >= 15 is 0 Å². The molecule has 0 spiro atoms. The SMILES string of the molecule is COC(=S)c1c(Cc2ccccc2)c(Cc2ccccc2)c(C(=O)O)c(Cc2ccccc2)c1Cc1ccccc1. The number of methoxy groups -OCH3 is 1. The van der Waals surface area contributed by atoms with E-state index in [2.05, 4.69) is 24.3 Å². The molecular formula is C37H32O3S. The Bertz CT molecular complexity index is 1520. The summed E-state index contributed by atoms with van der Waals surface area (Å²) < 4.78 is 5.79. The molecule has 0 heterocycles. The summed E-state index contributed by atoms with van der Waals surface area (Å²) in [6.45, 7) is 0. The zero-order chi connectivity index (χ0) is 28.6. The summed E-state index contributed by atoms with van der Waals surface area (Å²) in [5, 5.41) is 11.3. The van der Waals surface area contributed by atoms with Crippen LogP contribution in [-0.4, -0.2) is 23.2 Å². The summed E-state index contributed by atoms with van der Waals surface area (Å²) in [5.74, 6) is -0.930. The van der Waals surface area contributed by atoms with Crippen LogP contribution in [0.1, 0.15) is 60.4 Å². The number of hydrogen-bond donors (Lipinski definition) is 1. The second-order valence-electron chi connectivity index (χ2n) is 10.1. The van der Waals surface area contributed by atoms with Crippen LogP contribution in [0.4, 0.5) is 0 Å². The molecule has 4 heteroatoms. The lowest BCUT2D eigenvalue weighted by Gasteiger charge is -2.26. The fraction of sp³-hybridized carbons (Fsp3) is 0.135. The Morgan fingerprint density at radius 3 is 1.05 bits per heavy atom.